The van der Waals surface area contributed by atoms with Crippen LogP contribution in [0.5, 0.6) is 0 Å². The molecular weight excluding hydrogens is 431 g/mol. The van der Waals surface area contributed by atoms with Crippen LogP contribution in [-0.2, 0) is 17.6 Å². The zero-order valence-corrected chi connectivity index (χ0v) is 19.0. The second-order valence-corrected chi connectivity index (χ2v) is 9.09. The van der Waals surface area contributed by atoms with E-state index in [0.717, 1.165) is 34.5 Å². The molecule has 0 spiro atoms. The smallest absolute Gasteiger partial charge is 0.340 e. The quantitative estimate of drug-likeness (QED) is 0.398. The van der Waals surface area contributed by atoms with Gasteiger partial charge in [0.25, 0.3) is 0 Å². The molecule has 0 radical (unpaired) electrons. The number of esters is 1. The molecule has 1 aliphatic rings. The number of hydrogen-bond donors (Lipinski definition) is 1. The molecule has 2 aromatic carbocycles. The summed E-state index contributed by atoms with van der Waals surface area (Å²) in [5.74, 6) is -0.654. The van der Waals surface area contributed by atoms with Crippen molar-refractivity contribution in [3.8, 4) is 0 Å². The first-order chi connectivity index (χ1) is 15.0. The van der Waals surface area contributed by atoms with E-state index >= 15 is 0 Å². The third kappa shape index (κ3) is 4.62. The van der Waals surface area contributed by atoms with Gasteiger partial charge in [-0.1, -0.05) is 30.3 Å². The molecule has 1 atom stereocenters. The molecule has 4 nitrogen and oxygen atoms in total. The minimum atomic E-state index is -0.407. The number of carbonyl (C=O) groups is 1. The molecule has 1 aromatic heterocycles. The minimum absolute atomic E-state index is 0.156. The van der Waals surface area contributed by atoms with Crippen LogP contribution >= 0.6 is 23.6 Å². The van der Waals surface area contributed by atoms with Crippen molar-refractivity contribution in [1.29, 1.82) is 0 Å². The summed E-state index contributed by atoms with van der Waals surface area (Å²) in [5, 5.41) is 4.41. The van der Waals surface area contributed by atoms with Crippen LogP contribution in [0.3, 0.4) is 0 Å². The topological polar surface area (TPSA) is 41.6 Å². The number of hydrogen-bond acceptors (Lipinski definition) is 4. The molecule has 0 fully saturated rings. The standard InChI is InChI=1S/C24H23FN2O2S2/c1-15-8-9-17-13-18(25)10-11-21(17)27(15)24(30)26-22-20(23(28)29-2)14-19(31-22)12-16-6-4-3-5-7-16/h3-7,10-11,13-15H,8-9,12H2,1-2H3,(H,26,30). The molecule has 0 saturated heterocycles. The summed E-state index contributed by atoms with van der Waals surface area (Å²) in [6.07, 6.45) is 2.39. The van der Waals surface area contributed by atoms with Crippen molar-refractivity contribution in [2.45, 2.75) is 32.2 Å². The minimum Gasteiger partial charge on any atom is -0.465 e. The highest BCUT2D eigenvalue weighted by atomic mass is 32.1. The van der Waals surface area contributed by atoms with Crippen molar-refractivity contribution >= 4 is 45.3 Å². The number of halogens is 1. The lowest BCUT2D eigenvalue weighted by atomic mass is 9.97. The third-order valence-corrected chi connectivity index (χ3v) is 6.77. The van der Waals surface area contributed by atoms with Crippen molar-refractivity contribution in [2.75, 3.05) is 17.3 Å². The van der Waals surface area contributed by atoms with Crippen molar-refractivity contribution in [3.63, 3.8) is 0 Å². The molecule has 0 bridgehead atoms. The van der Waals surface area contributed by atoms with Crippen LogP contribution in [0.4, 0.5) is 15.1 Å². The van der Waals surface area contributed by atoms with Gasteiger partial charge >= 0.3 is 5.97 Å². The van der Waals surface area contributed by atoms with Crippen LogP contribution in [0, 0.1) is 5.82 Å². The summed E-state index contributed by atoms with van der Waals surface area (Å²) in [4.78, 5) is 15.4. The number of methoxy groups -OCH3 is 1. The maximum Gasteiger partial charge on any atom is 0.340 e. The monoisotopic (exact) mass is 454 g/mol. The Bertz CT molecular complexity index is 1110. The number of carbonyl (C=O) groups excluding carboxylic acids is 1. The predicted octanol–water partition coefficient (Wildman–Crippen LogP) is 5.80. The largest absolute Gasteiger partial charge is 0.465 e. The molecule has 4 rings (SSSR count). The van der Waals surface area contributed by atoms with Gasteiger partial charge in [-0.15, -0.1) is 11.3 Å². The van der Waals surface area contributed by atoms with Crippen LogP contribution in [-0.4, -0.2) is 24.2 Å². The fraction of sp³-hybridized carbons (Fsp3) is 0.250. The molecule has 31 heavy (non-hydrogen) atoms. The Morgan fingerprint density at radius 1 is 1.26 bits per heavy atom. The number of thiocarbonyl (C=S) groups is 1. The fourth-order valence-corrected chi connectivity index (χ4v) is 5.39. The van der Waals surface area contributed by atoms with Crippen molar-refractivity contribution in [2.24, 2.45) is 0 Å². The highest BCUT2D eigenvalue weighted by Crippen LogP contribution is 2.34. The second-order valence-electron chi connectivity index (χ2n) is 7.57. The molecule has 1 N–H and O–H groups in total. The lowest BCUT2D eigenvalue weighted by Gasteiger charge is -2.37. The first kappa shape index (κ1) is 21.5. The molecule has 160 valence electrons. The SMILES string of the molecule is COC(=O)c1cc(Cc2ccccc2)sc1NC(=S)N1c2ccc(F)cc2CCC1C. The van der Waals surface area contributed by atoms with Crippen molar-refractivity contribution in [1.82, 2.24) is 0 Å². The number of fused-ring (bicyclic) bond motifs is 1. The lowest BCUT2D eigenvalue weighted by molar-refractivity contribution is 0.0602. The van der Waals surface area contributed by atoms with Gasteiger partial charge in [-0.2, -0.15) is 0 Å². The zero-order valence-electron chi connectivity index (χ0n) is 17.4. The van der Waals surface area contributed by atoms with Crippen LogP contribution in [0.1, 0.15) is 39.7 Å². The zero-order chi connectivity index (χ0) is 22.0. The van der Waals surface area contributed by atoms with E-state index in [2.05, 4.69) is 24.4 Å². The van der Waals surface area contributed by atoms with Crippen LogP contribution in [0.25, 0.3) is 0 Å². The number of ether oxygens (including phenoxy) is 1. The number of aryl methyl sites for hydroxylation is 1. The Morgan fingerprint density at radius 2 is 2.03 bits per heavy atom. The first-order valence-electron chi connectivity index (χ1n) is 10.1. The predicted molar refractivity (Wildman–Crippen MR) is 128 cm³/mol. The molecule has 0 aliphatic carbocycles. The lowest BCUT2D eigenvalue weighted by Crippen LogP contribution is -2.44. The van der Waals surface area contributed by atoms with Gasteiger partial charge in [0.2, 0.25) is 0 Å². The van der Waals surface area contributed by atoms with Gasteiger partial charge in [-0.25, -0.2) is 9.18 Å². The summed E-state index contributed by atoms with van der Waals surface area (Å²) >= 11 is 7.23. The van der Waals surface area contributed by atoms with Gasteiger partial charge in [0, 0.05) is 23.0 Å². The molecule has 1 unspecified atom stereocenters. The third-order valence-electron chi connectivity index (χ3n) is 5.42. The van der Waals surface area contributed by atoms with E-state index in [0.29, 0.717) is 22.1 Å². The summed E-state index contributed by atoms with van der Waals surface area (Å²) in [6, 6.07) is 16.9. The highest BCUT2D eigenvalue weighted by molar-refractivity contribution is 7.80. The van der Waals surface area contributed by atoms with Crippen molar-refractivity contribution in [3.05, 3.63) is 82.0 Å². The Labute approximate surface area is 190 Å². The maximum absolute atomic E-state index is 13.7. The maximum atomic E-state index is 13.7. The Hall–Kier alpha value is -2.77. The van der Waals surface area contributed by atoms with E-state index in [1.165, 1.54) is 24.5 Å². The average Bonchev–Trinajstić information content (AvgIpc) is 3.15. The van der Waals surface area contributed by atoms with Crippen LogP contribution in [0.2, 0.25) is 0 Å². The summed E-state index contributed by atoms with van der Waals surface area (Å²) < 4.78 is 18.7. The Morgan fingerprint density at radius 3 is 2.77 bits per heavy atom. The molecule has 2 heterocycles. The molecule has 1 aliphatic heterocycles. The van der Waals surface area contributed by atoms with Gasteiger partial charge < -0.3 is 15.0 Å². The van der Waals surface area contributed by atoms with E-state index < -0.39 is 5.97 Å². The molecule has 0 saturated carbocycles. The van der Waals surface area contributed by atoms with E-state index in [4.69, 9.17) is 17.0 Å². The highest BCUT2D eigenvalue weighted by Gasteiger charge is 2.28. The second kappa shape index (κ2) is 9.16. The van der Waals surface area contributed by atoms with Gasteiger partial charge in [-0.05, 0) is 67.4 Å². The molecular formula is C24H23FN2O2S2. The summed E-state index contributed by atoms with van der Waals surface area (Å²) in [6.45, 7) is 2.09. The van der Waals surface area contributed by atoms with Gasteiger partial charge in [0.1, 0.15) is 10.8 Å². The number of nitrogens with zero attached hydrogens (tertiary/aromatic N) is 1. The molecule has 7 heteroatoms. The van der Waals surface area contributed by atoms with E-state index in [-0.39, 0.29) is 11.9 Å². The summed E-state index contributed by atoms with van der Waals surface area (Å²) in [7, 11) is 1.37. The van der Waals surface area contributed by atoms with E-state index in [1.54, 1.807) is 12.1 Å². The van der Waals surface area contributed by atoms with E-state index in [9.17, 15) is 9.18 Å². The van der Waals surface area contributed by atoms with Crippen molar-refractivity contribution < 1.29 is 13.9 Å². The summed E-state index contributed by atoms with van der Waals surface area (Å²) in [5.41, 5.74) is 3.46. The number of nitrogens with one attached hydrogen (secondary N) is 1. The van der Waals surface area contributed by atoms with Gasteiger partial charge in [-0.3, -0.25) is 0 Å². The molecule has 0 amide bonds. The first-order valence-corrected chi connectivity index (χ1v) is 11.3. The average molecular weight is 455 g/mol. The van der Waals surface area contributed by atoms with Crippen LogP contribution in [0.15, 0.2) is 54.6 Å². The van der Waals surface area contributed by atoms with Gasteiger partial charge in [0.15, 0.2) is 5.11 Å². The number of thiophene rings is 1. The number of rotatable bonds is 4. The van der Waals surface area contributed by atoms with Gasteiger partial charge in [0.05, 0.1) is 12.7 Å². The fourth-order valence-electron chi connectivity index (χ4n) is 3.87. The Balaban J connectivity index is 1.62. The number of benzene rings is 2. The number of anilines is 2. The normalized spacial score (nSPS) is 15.3. The Kier molecular flexibility index (Phi) is 6.34. The molecule has 3 aromatic rings. The van der Waals surface area contributed by atoms with E-state index in [1.807, 2.05) is 29.2 Å². The van der Waals surface area contributed by atoms with Crippen LogP contribution < -0.4 is 10.2 Å².